The maximum atomic E-state index is 12.4. The first-order chi connectivity index (χ1) is 10.2. The molecule has 21 heavy (non-hydrogen) atoms. The monoisotopic (exact) mass is 294 g/mol. The minimum absolute atomic E-state index is 0.148. The van der Waals surface area contributed by atoms with Gasteiger partial charge in [-0.25, -0.2) is 4.79 Å². The van der Waals surface area contributed by atoms with Gasteiger partial charge in [0.05, 0.1) is 18.9 Å². The van der Waals surface area contributed by atoms with Crippen molar-refractivity contribution in [2.75, 3.05) is 52.5 Å². The second kappa shape index (κ2) is 6.44. The molecule has 7 heteroatoms. The summed E-state index contributed by atoms with van der Waals surface area (Å²) < 4.78 is 10.4. The molecule has 2 amide bonds. The van der Waals surface area contributed by atoms with Crippen LogP contribution in [0.2, 0.25) is 0 Å². The molecular formula is C14H22N4O3. The number of hydrogen-bond donors (Lipinski definition) is 0. The van der Waals surface area contributed by atoms with Gasteiger partial charge in [0, 0.05) is 51.9 Å². The number of urea groups is 1. The van der Waals surface area contributed by atoms with Crippen LogP contribution < -0.4 is 0 Å². The van der Waals surface area contributed by atoms with Crippen molar-refractivity contribution in [3.8, 4) is 0 Å². The molecule has 0 aliphatic carbocycles. The summed E-state index contributed by atoms with van der Waals surface area (Å²) in [5.41, 5.74) is 0.959. The van der Waals surface area contributed by atoms with E-state index in [0.717, 1.165) is 44.2 Å². The first-order valence-corrected chi connectivity index (χ1v) is 7.48. The summed E-state index contributed by atoms with van der Waals surface area (Å²) in [5.74, 6) is 0.839. The Morgan fingerprint density at radius 2 is 1.81 bits per heavy atom. The summed E-state index contributed by atoms with van der Waals surface area (Å²) in [6.07, 6.45) is 0. The first-order valence-electron chi connectivity index (χ1n) is 7.48. The molecule has 0 bridgehead atoms. The van der Waals surface area contributed by atoms with Gasteiger partial charge in [-0.1, -0.05) is 5.16 Å². The first kappa shape index (κ1) is 14.3. The van der Waals surface area contributed by atoms with Crippen molar-refractivity contribution in [3.63, 3.8) is 0 Å². The van der Waals surface area contributed by atoms with Crippen LogP contribution in [0.3, 0.4) is 0 Å². The van der Waals surface area contributed by atoms with E-state index in [-0.39, 0.29) is 6.03 Å². The molecule has 3 heterocycles. The second-order valence-electron chi connectivity index (χ2n) is 5.57. The van der Waals surface area contributed by atoms with E-state index in [4.69, 9.17) is 9.26 Å². The minimum atomic E-state index is 0.148. The Bertz CT molecular complexity index is 476. The van der Waals surface area contributed by atoms with Gasteiger partial charge in [-0.15, -0.1) is 0 Å². The Morgan fingerprint density at radius 3 is 2.43 bits per heavy atom. The van der Waals surface area contributed by atoms with Gasteiger partial charge < -0.3 is 19.1 Å². The van der Waals surface area contributed by atoms with Crippen LogP contribution >= 0.6 is 0 Å². The number of aryl methyl sites for hydroxylation is 1. The average molecular weight is 294 g/mol. The minimum Gasteiger partial charge on any atom is -0.378 e. The number of amides is 2. The molecule has 2 aliphatic rings. The molecule has 2 saturated heterocycles. The lowest BCUT2D eigenvalue weighted by atomic mass is 10.3. The van der Waals surface area contributed by atoms with Crippen LogP contribution in [-0.2, 0) is 11.3 Å². The standard InChI is InChI=1S/C14H22N4O3/c1-12-10-13(15-21-12)11-16-2-4-17(5-3-16)14(19)18-6-8-20-9-7-18/h10H,2-9,11H2,1H3. The second-order valence-corrected chi connectivity index (χ2v) is 5.57. The predicted molar refractivity (Wildman–Crippen MR) is 75.9 cm³/mol. The molecule has 1 aromatic rings. The summed E-state index contributed by atoms with van der Waals surface area (Å²) in [6, 6.07) is 2.11. The van der Waals surface area contributed by atoms with Gasteiger partial charge in [-0.05, 0) is 6.92 Å². The zero-order chi connectivity index (χ0) is 14.7. The maximum absolute atomic E-state index is 12.4. The quantitative estimate of drug-likeness (QED) is 0.797. The molecular weight excluding hydrogens is 272 g/mol. The Balaban J connectivity index is 1.47. The third kappa shape index (κ3) is 3.54. The van der Waals surface area contributed by atoms with Gasteiger partial charge in [0.1, 0.15) is 5.76 Å². The lowest BCUT2D eigenvalue weighted by molar-refractivity contribution is 0.0372. The Hall–Kier alpha value is -1.60. The lowest BCUT2D eigenvalue weighted by Gasteiger charge is -2.38. The van der Waals surface area contributed by atoms with E-state index in [9.17, 15) is 4.79 Å². The van der Waals surface area contributed by atoms with Crippen molar-refractivity contribution in [2.45, 2.75) is 13.5 Å². The zero-order valence-corrected chi connectivity index (χ0v) is 12.5. The van der Waals surface area contributed by atoms with E-state index in [1.54, 1.807) is 0 Å². The van der Waals surface area contributed by atoms with Crippen LogP contribution in [0.1, 0.15) is 11.5 Å². The summed E-state index contributed by atoms with van der Waals surface area (Å²) in [6.45, 7) is 8.69. The molecule has 1 aromatic heterocycles. The fraction of sp³-hybridized carbons (Fsp3) is 0.714. The summed E-state index contributed by atoms with van der Waals surface area (Å²) in [5, 5.41) is 4.02. The highest BCUT2D eigenvalue weighted by Gasteiger charge is 2.26. The Morgan fingerprint density at radius 1 is 1.14 bits per heavy atom. The number of nitrogens with zero attached hydrogens (tertiary/aromatic N) is 4. The predicted octanol–water partition coefficient (Wildman–Crippen LogP) is 0.553. The fourth-order valence-corrected chi connectivity index (χ4v) is 2.77. The van der Waals surface area contributed by atoms with Crippen LogP contribution in [0.4, 0.5) is 4.79 Å². The summed E-state index contributed by atoms with van der Waals surface area (Å²) in [7, 11) is 0. The van der Waals surface area contributed by atoms with Crippen molar-refractivity contribution in [3.05, 3.63) is 17.5 Å². The number of morpholine rings is 1. The van der Waals surface area contributed by atoms with Crippen LogP contribution in [0.15, 0.2) is 10.6 Å². The number of carbonyl (C=O) groups excluding carboxylic acids is 1. The Kier molecular flexibility index (Phi) is 4.40. The average Bonchev–Trinajstić information content (AvgIpc) is 2.93. The van der Waals surface area contributed by atoms with E-state index in [1.165, 1.54) is 0 Å². The van der Waals surface area contributed by atoms with Crippen LogP contribution in [-0.4, -0.2) is 78.4 Å². The number of carbonyl (C=O) groups is 1. The smallest absolute Gasteiger partial charge is 0.320 e. The van der Waals surface area contributed by atoms with Gasteiger partial charge >= 0.3 is 6.03 Å². The third-order valence-corrected chi connectivity index (χ3v) is 3.99. The van der Waals surface area contributed by atoms with Crippen molar-refractivity contribution < 1.29 is 14.1 Å². The van der Waals surface area contributed by atoms with E-state index < -0.39 is 0 Å². The number of ether oxygens (including phenoxy) is 1. The molecule has 3 rings (SSSR count). The third-order valence-electron chi connectivity index (χ3n) is 3.99. The summed E-state index contributed by atoms with van der Waals surface area (Å²) >= 11 is 0. The molecule has 0 aromatic carbocycles. The molecule has 0 radical (unpaired) electrons. The number of aromatic nitrogens is 1. The van der Waals surface area contributed by atoms with E-state index in [2.05, 4.69) is 10.1 Å². The van der Waals surface area contributed by atoms with E-state index in [0.29, 0.717) is 26.3 Å². The van der Waals surface area contributed by atoms with Crippen molar-refractivity contribution in [1.29, 1.82) is 0 Å². The van der Waals surface area contributed by atoms with Crippen LogP contribution in [0.25, 0.3) is 0 Å². The van der Waals surface area contributed by atoms with E-state index >= 15 is 0 Å². The number of rotatable bonds is 2. The summed E-state index contributed by atoms with van der Waals surface area (Å²) in [4.78, 5) is 18.5. The highest BCUT2D eigenvalue weighted by molar-refractivity contribution is 5.74. The van der Waals surface area contributed by atoms with Crippen molar-refractivity contribution >= 4 is 6.03 Å². The van der Waals surface area contributed by atoms with Gasteiger partial charge in [-0.2, -0.15) is 0 Å². The molecule has 0 atom stereocenters. The SMILES string of the molecule is Cc1cc(CN2CCN(C(=O)N3CCOCC3)CC2)no1. The molecule has 2 aliphatic heterocycles. The molecule has 0 unspecified atom stereocenters. The van der Waals surface area contributed by atoms with E-state index in [1.807, 2.05) is 22.8 Å². The zero-order valence-electron chi connectivity index (χ0n) is 12.5. The fourth-order valence-electron chi connectivity index (χ4n) is 2.77. The number of piperazine rings is 1. The molecule has 0 saturated carbocycles. The Labute approximate surface area is 124 Å². The van der Waals surface area contributed by atoms with Gasteiger partial charge in [0.15, 0.2) is 0 Å². The normalized spacial score (nSPS) is 20.8. The highest BCUT2D eigenvalue weighted by Crippen LogP contribution is 2.11. The van der Waals surface area contributed by atoms with Crippen LogP contribution in [0, 0.1) is 6.92 Å². The topological polar surface area (TPSA) is 62.0 Å². The van der Waals surface area contributed by atoms with Gasteiger partial charge in [0.25, 0.3) is 0 Å². The molecule has 0 spiro atoms. The van der Waals surface area contributed by atoms with Crippen molar-refractivity contribution in [1.82, 2.24) is 19.9 Å². The molecule has 116 valence electrons. The van der Waals surface area contributed by atoms with Gasteiger partial charge in [0.2, 0.25) is 0 Å². The largest absolute Gasteiger partial charge is 0.378 e. The molecule has 2 fully saturated rings. The van der Waals surface area contributed by atoms with Crippen LogP contribution in [0.5, 0.6) is 0 Å². The molecule has 0 N–H and O–H groups in total. The lowest BCUT2D eigenvalue weighted by Crippen LogP contribution is -2.54. The van der Waals surface area contributed by atoms with Crippen molar-refractivity contribution in [2.24, 2.45) is 0 Å². The maximum Gasteiger partial charge on any atom is 0.320 e. The number of hydrogen-bond acceptors (Lipinski definition) is 5. The highest BCUT2D eigenvalue weighted by atomic mass is 16.5. The van der Waals surface area contributed by atoms with Gasteiger partial charge in [-0.3, -0.25) is 4.90 Å². The molecule has 7 nitrogen and oxygen atoms in total.